The molecule has 0 radical (unpaired) electrons. The van der Waals surface area contributed by atoms with E-state index in [1.807, 2.05) is 23.4 Å². The maximum Gasteiger partial charge on any atom is 0.0794 e. The Morgan fingerprint density at radius 3 is 2.89 bits per heavy atom. The molecule has 2 rings (SSSR count). The van der Waals surface area contributed by atoms with Crippen LogP contribution >= 0.6 is 11.3 Å². The van der Waals surface area contributed by atoms with E-state index in [2.05, 4.69) is 35.4 Å². The van der Waals surface area contributed by atoms with Crippen molar-refractivity contribution in [3.05, 3.63) is 34.0 Å². The highest BCUT2D eigenvalue weighted by molar-refractivity contribution is 7.09. The summed E-state index contributed by atoms with van der Waals surface area (Å²) in [4.78, 5) is 5.46. The summed E-state index contributed by atoms with van der Waals surface area (Å²) < 4.78 is 1.89. The second-order valence-corrected chi connectivity index (χ2v) is 5.49. The molecular formula is C13H20N4S. The summed E-state index contributed by atoms with van der Waals surface area (Å²) in [6, 6.07) is 0.332. The van der Waals surface area contributed by atoms with Crippen molar-refractivity contribution in [3.63, 3.8) is 0 Å². The molecule has 18 heavy (non-hydrogen) atoms. The first kappa shape index (κ1) is 13.2. The number of aromatic nitrogens is 3. The van der Waals surface area contributed by atoms with Crippen LogP contribution in [0.15, 0.2) is 17.9 Å². The monoisotopic (exact) mass is 264 g/mol. The Labute approximate surface area is 112 Å². The Hall–Kier alpha value is -1.20. The summed E-state index contributed by atoms with van der Waals surface area (Å²) in [5.74, 6) is 0. The second kappa shape index (κ2) is 6.11. The largest absolute Gasteiger partial charge is 0.310 e. The molecule has 1 unspecified atom stereocenters. The summed E-state index contributed by atoms with van der Waals surface area (Å²) in [5.41, 5.74) is 4.29. The van der Waals surface area contributed by atoms with E-state index < -0.39 is 0 Å². The molecule has 0 aliphatic carbocycles. The van der Waals surface area contributed by atoms with Gasteiger partial charge in [-0.15, -0.1) is 11.3 Å². The van der Waals surface area contributed by atoms with Crippen LogP contribution in [0, 0.1) is 6.92 Å². The van der Waals surface area contributed by atoms with Gasteiger partial charge in [0.25, 0.3) is 0 Å². The SMILES string of the molecule is CCCNC(Cc1cncs1)c1cn(C)nc1C. The number of aryl methyl sites for hydroxylation is 2. The van der Waals surface area contributed by atoms with Gasteiger partial charge in [-0.1, -0.05) is 6.92 Å². The summed E-state index contributed by atoms with van der Waals surface area (Å²) in [7, 11) is 1.97. The zero-order valence-electron chi connectivity index (χ0n) is 11.2. The number of hydrogen-bond donors (Lipinski definition) is 1. The van der Waals surface area contributed by atoms with E-state index in [4.69, 9.17) is 0 Å². The number of hydrogen-bond acceptors (Lipinski definition) is 4. The molecule has 0 aromatic carbocycles. The van der Waals surface area contributed by atoms with Gasteiger partial charge in [-0.2, -0.15) is 5.10 Å². The third-order valence-electron chi connectivity index (χ3n) is 2.96. The van der Waals surface area contributed by atoms with Crippen LogP contribution in [0.4, 0.5) is 0 Å². The lowest BCUT2D eigenvalue weighted by molar-refractivity contribution is 0.529. The Balaban J connectivity index is 2.16. The fourth-order valence-electron chi connectivity index (χ4n) is 2.11. The van der Waals surface area contributed by atoms with E-state index in [-0.39, 0.29) is 0 Å². The van der Waals surface area contributed by atoms with Crippen LogP contribution in [0.2, 0.25) is 0 Å². The van der Waals surface area contributed by atoms with Crippen molar-refractivity contribution in [2.24, 2.45) is 7.05 Å². The van der Waals surface area contributed by atoms with E-state index in [1.54, 1.807) is 11.3 Å². The molecule has 0 aliphatic heterocycles. The predicted octanol–water partition coefficient (Wildman–Crippen LogP) is 2.47. The molecule has 4 nitrogen and oxygen atoms in total. The topological polar surface area (TPSA) is 42.7 Å². The molecule has 0 bridgehead atoms. The molecule has 1 N–H and O–H groups in total. The molecule has 98 valence electrons. The molecule has 0 saturated heterocycles. The van der Waals surface area contributed by atoms with Gasteiger partial charge >= 0.3 is 0 Å². The third kappa shape index (κ3) is 3.17. The van der Waals surface area contributed by atoms with Crippen LogP contribution in [0.25, 0.3) is 0 Å². The number of nitrogens with one attached hydrogen (secondary N) is 1. The Bertz CT molecular complexity index is 475. The van der Waals surface area contributed by atoms with E-state index in [0.29, 0.717) is 6.04 Å². The van der Waals surface area contributed by atoms with Crippen molar-refractivity contribution in [2.45, 2.75) is 32.7 Å². The average molecular weight is 264 g/mol. The van der Waals surface area contributed by atoms with E-state index >= 15 is 0 Å². The Morgan fingerprint density at radius 1 is 1.50 bits per heavy atom. The van der Waals surface area contributed by atoms with Crippen LogP contribution in [0.1, 0.15) is 35.5 Å². The Morgan fingerprint density at radius 2 is 2.33 bits per heavy atom. The second-order valence-electron chi connectivity index (χ2n) is 4.52. The number of nitrogens with zero attached hydrogens (tertiary/aromatic N) is 3. The highest BCUT2D eigenvalue weighted by Gasteiger charge is 2.17. The van der Waals surface area contributed by atoms with Crippen molar-refractivity contribution >= 4 is 11.3 Å². The van der Waals surface area contributed by atoms with Gasteiger partial charge in [0.2, 0.25) is 0 Å². The van der Waals surface area contributed by atoms with Gasteiger partial charge in [0.1, 0.15) is 0 Å². The molecule has 0 aliphatic rings. The minimum absolute atomic E-state index is 0.332. The van der Waals surface area contributed by atoms with Gasteiger partial charge in [-0.3, -0.25) is 9.67 Å². The van der Waals surface area contributed by atoms with E-state index in [1.165, 1.54) is 10.4 Å². The van der Waals surface area contributed by atoms with Gasteiger partial charge in [-0.05, 0) is 19.9 Å². The summed E-state index contributed by atoms with van der Waals surface area (Å²) in [6.45, 7) is 5.29. The maximum absolute atomic E-state index is 4.43. The lowest BCUT2D eigenvalue weighted by Gasteiger charge is -2.17. The first-order valence-corrected chi connectivity index (χ1v) is 7.19. The fourth-order valence-corrected chi connectivity index (χ4v) is 2.76. The molecule has 1 atom stereocenters. The van der Waals surface area contributed by atoms with Crippen LogP contribution in [0.3, 0.4) is 0 Å². The molecule has 2 aromatic rings. The normalized spacial score (nSPS) is 12.8. The first-order valence-electron chi connectivity index (χ1n) is 6.31. The number of thiazole rings is 1. The molecule has 0 saturated carbocycles. The highest BCUT2D eigenvalue weighted by Crippen LogP contribution is 2.22. The Kier molecular flexibility index (Phi) is 4.49. The van der Waals surface area contributed by atoms with E-state index in [0.717, 1.165) is 25.1 Å². The molecule has 0 amide bonds. The lowest BCUT2D eigenvalue weighted by atomic mass is 10.0. The highest BCUT2D eigenvalue weighted by atomic mass is 32.1. The minimum Gasteiger partial charge on any atom is -0.310 e. The molecule has 2 aromatic heterocycles. The van der Waals surface area contributed by atoms with Gasteiger partial charge < -0.3 is 5.32 Å². The fraction of sp³-hybridized carbons (Fsp3) is 0.538. The summed E-state index contributed by atoms with van der Waals surface area (Å²) in [5, 5.41) is 8.04. The van der Waals surface area contributed by atoms with Crippen molar-refractivity contribution < 1.29 is 0 Å². The molecule has 2 heterocycles. The van der Waals surface area contributed by atoms with Crippen LogP contribution in [-0.4, -0.2) is 21.3 Å². The lowest BCUT2D eigenvalue weighted by Crippen LogP contribution is -2.24. The van der Waals surface area contributed by atoms with Gasteiger partial charge in [0, 0.05) is 42.3 Å². The summed E-state index contributed by atoms with van der Waals surface area (Å²) >= 11 is 1.71. The van der Waals surface area contributed by atoms with Crippen LogP contribution in [-0.2, 0) is 13.5 Å². The quantitative estimate of drug-likeness (QED) is 0.871. The molecule has 0 fully saturated rings. The van der Waals surface area contributed by atoms with Crippen molar-refractivity contribution in [2.75, 3.05) is 6.54 Å². The number of rotatable bonds is 6. The van der Waals surface area contributed by atoms with E-state index in [9.17, 15) is 0 Å². The van der Waals surface area contributed by atoms with Gasteiger partial charge in [0.05, 0.1) is 11.2 Å². The smallest absolute Gasteiger partial charge is 0.0794 e. The predicted molar refractivity (Wildman–Crippen MR) is 74.8 cm³/mol. The third-order valence-corrected chi connectivity index (χ3v) is 3.76. The zero-order chi connectivity index (χ0) is 13.0. The van der Waals surface area contributed by atoms with Gasteiger partial charge in [-0.25, -0.2) is 0 Å². The van der Waals surface area contributed by atoms with Crippen LogP contribution < -0.4 is 5.32 Å². The standard InChI is InChI=1S/C13H20N4S/c1-4-5-15-13(6-11-7-14-9-18-11)12-8-17(3)16-10(12)2/h7-9,13,15H,4-6H2,1-3H3. The minimum atomic E-state index is 0.332. The van der Waals surface area contributed by atoms with Crippen molar-refractivity contribution in [3.8, 4) is 0 Å². The average Bonchev–Trinajstić information content (AvgIpc) is 2.94. The van der Waals surface area contributed by atoms with Gasteiger partial charge in [0.15, 0.2) is 0 Å². The summed E-state index contributed by atoms with van der Waals surface area (Å²) in [6.07, 6.45) is 6.19. The molecule has 5 heteroatoms. The zero-order valence-corrected chi connectivity index (χ0v) is 12.0. The van der Waals surface area contributed by atoms with Crippen LogP contribution in [0.5, 0.6) is 0 Å². The molecular weight excluding hydrogens is 244 g/mol. The molecule has 0 spiro atoms. The van der Waals surface area contributed by atoms with Crippen molar-refractivity contribution in [1.82, 2.24) is 20.1 Å². The maximum atomic E-state index is 4.43. The first-order chi connectivity index (χ1) is 8.70. The van der Waals surface area contributed by atoms with Crippen molar-refractivity contribution in [1.29, 1.82) is 0 Å².